The summed E-state index contributed by atoms with van der Waals surface area (Å²) in [7, 11) is 0. The van der Waals surface area contributed by atoms with Crippen molar-refractivity contribution >= 4 is 22.5 Å². The van der Waals surface area contributed by atoms with E-state index in [9.17, 15) is 4.79 Å². The van der Waals surface area contributed by atoms with Gasteiger partial charge in [-0.25, -0.2) is 9.78 Å². The van der Waals surface area contributed by atoms with Crippen LogP contribution in [0, 0.1) is 13.8 Å². The minimum atomic E-state index is -0.333. The summed E-state index contributed by atoms with van der Waals surface area (Å²) >= 11 is 1.36. The zero-order valence-electron chi connectivity index (χ0n) is 10.8. The van der Waals surface area contributed by atoms with Gasteiger partial charge < -0.3 is 10.1 Å². The Morgan fingerprint density at radius 2 is 2.26 bits per heavy atom. The molecule has 0 spiro atoms. The van der Waals surface area contributed by atoms with Gasteiger partial charge in [0.2, 0.25) is 0 Å². The van der Waals surface area contributed by atoms with Gasteiger partial charge in [-0.15, -0.1) is 11.3 Å². The van der Waals surface area contributed by atoms with Gasteiger partial charge in [0.15, 0.2) is 11.9 Å². The summed E-state index contributed by atoms with van der Waals surface area (Å²) in [6, 6.07) is 5.49. The van der Waals surface area contributed by atoms with Crippen LogP contribution < -0.4 is 15.4 Å². The molecule has 2 aromatic rings. The van der Waals surface area contributed by atoms with E-state index in [1.807, 2.05) is 32.0 Å². The van der Waals surface area contributed by atoms with Crippen molar-refractivity contribution in [2.24, 2.45) is 0 Å². The Balaban J connectivity index is 1.80. The Bertz CT molecular complexity index is 555. The quantitative estimate of drug-likeness (QED) is 0.845. The van der Waals surface area contributed by atoms with Crippen molar-refractivity contribution < 1.29 is 9.53 Å². The summed E-state index contributed by atoms with van der Waals surface area (Å²) in [5, 5.41) is 7.58. The Hall–Kier alpha value is -2.08. The molecule has 5 nitrogen and oxygen atoms in total. The molecule has 100 valence electrons. The van der Waals surface area contributed by atoms with Gasteiger partial charge in [0.05, 0.1) is 0 Å². The smallest absolute Gasteiger partial charge is 0.323 e. The van der Waals surface area contributed by atoms with E-state index in [0.717, 1.165) is 16.9 Å². The van der Waals surface area contributed by atoms with Gasteiger partial charge in [-0.05, 0) is 31.0 Å². The van der Waals surface area contributed by atoms with Crippen LogP contribution in [0.2, 0.25) is 0 Å². The van der Waals surface area contributed by atoms with Crippen LogP contribution in [-0.2, 0) is 0 Å². The van der Waals surface area contributed by atoms with Crippen molar-refractivity contribution in [3.8, 4) is 5.75 Å². The zero-order valence-corrected chi connectivity index (χ0v) is 11.6. The second kappa shape index (κ2) is 6.19. The van der Waals surface area contributed by atoms with Gasteiger partial charge in [0, 0.05) is 11.6 Å². The molecule has 2 rings (SSSR count). The highest BCUT2D eigenvalue weighted by molar-refractivity contribution is 7.13. The maximum atomic E-state index is 11.5. The number of benzene rings is 1. The van der Waals surface area contributed by atoms with Crippen LogP contribution in [0.1, 0.15) is 11.1 Å². The summed E-state index contributed by atoms with van der Waals surface area (Å²) in [4.78, 5) is 15.5. The molecule has 1 aromatic carbocycles. The Morgan fingerprint density at radius 1 is 1.42 bits per heavy atom. The number of nitrogens with zero attached hydrogens (tertiary/aromatic N) is 1. The first-order chi connectivity index (χ1) is 9.16. The lowest BCUT2D eigenvalue weighted by atomic mass is 10.1. The van der Waals surface area contributed by atoms with Crippen LogP contribution in [0.3, 0.4) is 0 Å². The van der Waals surface area contributed by atoms with Gasteiger partial charge in [-0.3, -0.25) is 5.32 Å². The average Bonchev–Trinajstić information content (AvgIpc) is 2.87. The van der Waals surface area contributed by atoms with E-state index < -0.39 is 0 Å². The Labute approximate surface area is 115 Å². The molecule has 0 fully saturated rings. The van der Waals surface area contributed by atoms with Gasteiger partial charge in [-0.1, -0.05) is 12.1 Å². The molecule has 1 aromatic heterocycles. The highest BCUT2D eigenvalue weighted by Crippen LogP contribution is 2.20. The molecule has 0 radical (unpaired) electrons. The fraction of sp³-hybridized carbons (Fsp3) is 0.231. The normalized spacial score (nSPS) is 10.0. The number of aryl methyl sites for hydroxylation is 1. The highest BCUT2D eigenvalue weighted by Gasteiger charge is 2.04. The molecule has 0 atom stereocenters. The van der Waals surface area contributed by atoms with Crippen molar-refractivity contribution in [3.63, 3.8) is 0 Å². The van der Waals surface area contributed by atoms with E-state index in [1.165, 1.54) is 11.3 Å². The Kier molecular flexibility index (Phi) is 4.35. The second-order valence-corrected chi connectivity index (χ2v) is 4.85. The SMILES string of the molecule is Cc1cccc(OCNC(=O)Nc2nccs2)c1C. The number of nitrogens with one attached hydrogen (secondary N) is 2. The number of hydrogen-bond donors (Lipinski definition) is 2. The molecular formula is C13H15N3O2S. The molecule has 0 unspecified atom stereocenters. The van der Waals surface area contributed by atoms with Crippen molar-refractivity contribution in [2.45, 2.75) is 13.8 Å². The van der Waals surface area contributed by atoms with Crippen LogP contribution in [0.5, 0.6) is 5.75 Å². The maximum Gasteiger partial charge on any atom is 0.323 e. The van der Waals surface area contributed by atoms with E-state index in [-0.39, 0.29) is 12.8 Å². The summed E-state index contributed by atoms with van der Waals surface area (Å²) in [6.07, 6.45) is 1.63. The largest absolute Gasteiger partial charge is 0.473 e. The summed E-state index contributed by atoms with van der Waals surface area (Å²) in [5.41, 5.74) is 2.23. The lowest BCUT2D eigenvalue weighted by Gasteiger charge is -2.11. The summed E-state index contributed by atoms with van der Waals surface area (Å²) in [5.74, 6) is 0.773. The molecule has 1 heterocycles. The number of amides is 2. The molecule has 0 saturated heterocycles. The molecule has 19 heavy (non-hydrogen) atoms. The number of rotatable bonds is 4. The first-order valence-electron chi connectivity index (χ1n) is 5.80. The summed E-state index contributed by atoms with van der Waals surface area (Å²) in [6.45, 7) is 4.12. The van der Waals surface area contributed by atoms with Gasteiger partial charge in [0.1, 0.15) is 5.75 Å². The predicted octanol–water partition coefficient (Wildman–Crippen LogP) is 2.92. The number of carbonyl (C=O) groups is 1. The van der Waals surface area contributed by atoms with Crippen molar-refractivity contribution in [1.29, 1.82) is 0 Å². The monoisotopic (exact) mass is 277 g/mol. The number of carbonyl (C=O) groups excluding carboxylic acids is 1. The standard InChI is InChI=1S/C13H15N3O2S/c1-9-4-3-5-11(10(9)2)18-8-15-12(17)16-13-14-6-7-19-13/h3-7H,8H2,1-2H3,(H2,14,15,16,17). The fourth-order valence-corrected chi connectivity index (χ4v) is 2.01. The van der Waals surface area contributed by atoms with Crippen LogP contribution >= 0.6 is 11.3 Å². The van der Waals surface area contributed by atoms with Crippen molar-refractivity contribution in [3.05, 3.63) is 40.9 Å². The third-order valence-electron chi connectivity index (χ3n) is 2.67. The van der Waals surface area contributed by atoms with Crippen LogP contribution in [0.15, 0.2) is 29.8 Å². The highest BCUT2D eigenvalue weighted by atomic mass is 32.1. The minimum Gasteiger partial charge on any atom is -0.473 e. The molecule has 6 heteroatoms. The molecule has 0 aliphatic rings. The minimum absolute atomic E-state index is 0.113. The zero-order chi connectivity index (χ0) is 13.7. The van der Waals surface area contributed by atoms with E-state index in [1.54, 1.807) is 11.6 Å². The number of aromatic nitrogens is 1. The molecule has 0 saturated carbocycles. The topological polar surface area (TPSA) is 63.2 Å². The Morgan fingerprint density at radius 3 is 3.00 bits per heavy atom. The first-order valence-corrected chi connectivity index (χ1v) is 6.68. The van der Waals surface area contributed by atoms with Gasteiger partial charge in [0.25, 0.3) is 0 Å². The average molecular weight is 277 g/mol. The van der Waals surface area contributed by atoms with E-state index in [2.05, 4.69) is 15.6 Å². The third kappa shape index (κ3) is 3.69. The van der Waals surface area contributed by atoms with E-state index in [4.69, 9.17) is 4.74 Å². The molecule has 0 aliphatic heterocycles. The van der Waals surface area contributed by atoms with Crippen LogP contribution in [0.4, 0.5) is 9.93 Å². The number of hydrogen-bond acceptors (Lipinski definition) is 4. The maximum absolute atomic E-state index is 11.5. The summed E-state index contributed by atoms with van der Waals surface area (Å²) < 4.78 is 5.52. The molecule has 0 aliphatic carbocycles. The number of thiazole rings is 1. The van der Waals surface area contributed by atoms with Crippen LogP contribution in [-0.4, -0.2) is 17.7 Å². The molecule has 0 bridgehead atoms. The first kappa shape index (κ1) is 13.4. The van der Waals surface area contributed by atoms with Crippen molar-refractivity contribution in [1.82, 2.24) is 10.3 Å². The number of urea groups is 1. The van der Waals surface area contributed by atoms with E-state index >= 15 is 0 Å². The molecule has 2 amide bonds. The lowest BCUT2D eigenvalue weighted by molar-refractivity contribution is 0.234. The van der Waals surface area contributed by atoms with Crippen molar-refractivity contribution in [2.75, 3.05) is 12.0 Å². The molecular weight excluding hydrogens is 262 g/mol. The van der Waals surface area contributed by atoms with E-state index in [0.29, 0.717) is 5.13 Å². The fourth-order valence-electron chi connectivity index (χ4n) is 1.49. The molecule has 2 N–H and O–H groups in total. The second-order valence-electron chi connectivity index (χ2n) is 3.95. The lowest BCUT2D eigenvalue weighted by Crippen LogP contribution is -2.32. The van der Waals surface area contributed by atoms with Crippen LogP contribution in [0.25, 0.3) is 0 Å². The van der Waals surface area contributed by atoms with Gasteiger partial charge in [-0.2, -0.15) is 0 Å². The third-order valence-corrected chi connectivity index (χ3v) is 3.36. The number of ether oxygens (including phenoxy) is 1. The van der Waals surface area contributed by atoms with Gasteiger partial charge >= 0.3 is 6.03 Å². The predicted molar refractivity (Wildman–Crippen MR) is 75.7 cm³/mol. The number of anilines is 1.